The first kappa shape index (κ1) is 24.1. The number of carbonyl (C=O) groups excluding carboxylic acids is 1. The van der Waals surface area contributed by atoms with Gasteiger partial charge in [-0.1, -0.05) is 0 Å². The number of nitro benzene ring substituents is 1. The summed E-state index contributed by atoms with van der Waals surface area (Å²) in [5, 5.41) is 27.1. The molecule has 0 unspecified atom stereocenters. The van der Waals surface area contributed by atoms with Crippen LogP contribution in [-0.2, 0) is 6.54 Å². The van der Waals surface area contributed by atoms with E-state index in [4.69, 9.17) is 14.2 Å². The van der Waals surface area contributed by atoms with Crippen LogP contribution >= 0.6 is 0 Å². The molecule has 1 amide bonds. The van der Waals surface area contributed by atoms with Crippen molar-refractivity contribution in [3.63, 3.8) is 0 Å². The molecule has 0 spiro atoms. The average molecular weight is 459 g/mol. The highest BCUT2D eigenvalue weighted by Crippen LogP contribution is 2.38. The van der Waals surface area contributed by atoms with E-state index in [1.165, 1.54) is 33.5 Å². The van der Waals surface area contributed by atoms with Crippen molar-refractivity contribution in [1.29, 1.82) is 0 Å². The smallest absolute Gasteiger partial charge is 0.270 e. The largest absolute Gasteiger partial charge is 0.493 e. The number of nitrogens with one attached hydrogen (secondary N) is 2. The average Bonchev–Trinajstić information content (AvgIpc) is 2.83. The van der Waals surface area contributed by atoms with E-state index in [0.717, 1.165) is 12.8 Å². The third kappa shape index (κ3) is 5.83. The minimum Gasteiger partial charge on any atom is -0.493 e. The number of methoxy groups -OCH3 is 3. The second-order valence-electron chi connectivity index (χ2n) is 7.85. The third-order valence-corrected chi connectivity index (χ3v) is 5.69. The van der Waals surface area contributed by atoms with Gasteiger partial charge in [0.2, 0.25) is 5.75 Å². The van der Waals surface area contributed by atoms with E-state index in [1.54, 1.807) is 18.2 Å². The van der Waals surface area contributed by atoms with E-state index in [9.17, 15) is 20.0 Å². The quantitative estimate of drug-likeness (QED) is 0.385. The first-order valence-electron chi connectivity index (χ1n) is 10.7. The molecule has 0 bridgehead atoms. The van der Waals surface area contributed by atoms with Crippen LogP contribution in [0.3, 0.4) is 0 Å². The van der Waals surface area contributed by atoms with E-state index in [1.807, 2.05) is 0 Å². The summed E-state index contributed by atoms with van der Waals surface area (Å²) in [6.07, 6.45) is 2.55. The van der Waals surface area contributed by atoms with Crippen molar-refractivity contribution in [3.05, 3.63) is 51.6 Å². The fourth-order valence-electron chi connectivity index (χ4n) is 3.91. The number of non-ortho nitro benzene ring substituents is 1. The maximum atomic E-state index is 13.0. The van der Waals surface area contributed by atoms with Gasteiger partial charge in [0.25, 0.3) is 11.6 Å². The van der Waals surface area contributed by atoms with Crippen LogP contribution in [0.2, 0.25) is 0 Å². The zero-order chi connectivity index (χ0) is 24.0. The van der Waals surface area contributed by atoms with E-state index in [0.29, 0.717) is 41.3 Å². The molecular weight excluding hydrogens is 430 g/mol. The van der Waals surface area contributed by atoms with Crippen molar-refractivity contribution in [3.8, 4) is 17.2 Å². The lowest BCUT2D eigenvalue weighted by molar-refractivity contribution is -0.384. The summed E-state index contributed by atoms with van der Waals surface area (Å²) in [7, 11) is 4.52. The highest BCUT2D eigenvalue weighted by atomic mass is 16.6. The second kappa shape index (κ2) is 10.9. The molecule has 1 aliphatic carbocycles. The van der Waals surface area contributed by atoms with Gasteiger partial charge in [-0.15, -0.1) is 0 Å². The molecule has 3 rings (SSSR count). The summed E-state index contributed by atoms with van der Waals surface area (Å²) >= 11 is 0. The topological polar surface area (TPSA) is 132 Å². The number of benzene rings is 2. The number of anilines is 1. The monoisotopic (exact) mass is 459 g/mol. The van der Waals surface area contributed by atoms with Gasteiger partial charge in [-0.3, -0.25) is 14.9 Å². The minimum atomic E-state index is -0.531. The molecular formula is C23H29N3O7. The first-order valence-corrected chi connectivity index (χ1v) is 10.7. The summed E-state index contributed by atoms with van der Waals surface area (Å²) in [5.74, 6) is 0.903. The molecule has 3 N–H and O–H groups in total. The molecule has 1 fully saturated rings. The molecule has 0 saturated heterocycles. The SMILES string of the molecule is COc1cc(CNC(=O)c2cc([N+](=O)[O-])ccc2NC2CCC(O)CC2)cc(OC)c1OC. The van der Waals surface area contributed by atoms with Crippen LogP contribution in [0.5, 0.6) is 17.2 Å². The number of hydrogen-bond donors (Lipinski definition) is 3. The number of aliphatic hydroxyl groups is 1. The van der Waals surface area contributed by atoms with Crippen molar-refractivity contribution >= 4 is 17.3 Å². The predicted molar refractivity (Wildman–Crippen MR) is 122 cm³/mol. The Kier molecular flexibility index (Phi) is 7.94. The number of ether oxygens (including phenoxy) is 3. The van der Waals surface area contributed by atoms with Gasteiger partial charge in [0, 0.05) is 30.4 Å². The molecule has 1 aliphatic rings. The van der Waals surface area contributed by atoms with Gasteiger partial charge >= 0.3 is 0 Å². The number of nitrogens with zero attached hydrogens (tertiary/aromatic N) is 1. The molecule has 0 heterocycles. The Balaban J connectivity index is 1.80. The Morgan fingerprint density at radius 2 is 1.70 bits per heavy atom. The number of aliphatic hydroxyl groups excluding tert-OH is 1. The Labute approximate surface area is 192 Å². The van der Waals surface area contributed by atoms with Crippen molar-refractivity contribution in [2.75, 3.05) is 26.6 Å². The van der Waals surface area contributed by atoms with E-state index >= 15 is 0 Å². The van der Waals surface area contributed by atoms with Crippen LogP contribution in [0.15, 0.2) is 30.3 Å². The molecule has 10 heteroatoms. The summed E-state index contributed by atoms with van der Waals surface area (Å²) in [6, 6.07) is 7.72. The third-order valence-electron chi connectivity index (χ3n) is 5.69. The summed E-state index contributed by atoms with van der Waals surface area (Å²) in [6.45, 7) is 0.146. The highest BCUT2D eigenvalue weighted by Gasteiger charge is 2.23. The fourth-order valence-corrected chi connectivity index (χ4v) is 3.91. The highest BCUT2D eigenvalue weighted by molar-refractivity contribution is 6.00. The van der Waals surface area contributed by atoms with E-state index in [-0.39, 0.29) is 29.9 Å². The molecule has 10 nitrogen and oxygen atoms in total. The van der Waals surface area contributed by atoms with Gasteiger partial charge in [0.05, 0.1) is 37.9 Å². The molecule has 0 atom stereocenters. The molecule has 0 aliphatic heterocycles. The maximum absolute atomic E-state index is 13.0. The molecule has 1 saturated carbocycles. The predicted octanol–water partition coefficient (Wildman–Crippen LogP) is 3.27. The van der Waals surface area contributed by atoms with Gasteiger partial charge in [0.1, 0.15) is 0 Å². The molecule has 2 aromatic carbocycles. The molecule has 0 aromatic heterocycles. The van der Waals surface area contributed by atoms with E-state index < -0.39 is 10.8 Å². The van der Waals surface area contributed by atoms with Crippen LogP contribution in [0.1, 0.15) is 41.6 Å². The fraction of sp³-hybridized carbons (Fsp3) is 0.435. The van der Waals surface area contributed by atoms with Gasteiger partial charge in [0.15, 0.2) is 11.5 Å². The number of carbonyl (C=O) groups is 1. The molecule has 2 aromatic rings. The first-order chi connectivity index (χ1) is 15.9. The lowest BCUT2D eigenvalue weighted by atomic mass is 9.92. The summed E-state index contributed by atoms with van der Waals surface area (Å²) in [4.78, 5) is 23.8. The van der Waals surface area contributed by atoms with Crippen LogP contribution in [0.25, 0.3) is 0 Å². The van der Waals surface area contributed by atoms with Gasteiger partial charge < -0.3 is 30.0 Å². The van der Waals surface area contributed by atoms with Crippen LogP contribution in [-0.4, -0.2) is 49.4 Å². The van der Waals surface area contributed by atoms with Gasteiger partial charge in [-0.25, -0.2) is 0 Å². The lowest BCUT2D eigenvalue weighted by Crippen LogP contribution is -2.30. The second-order valence-corrected chi connectivity index (χ2v) is 7.85. The van der Waals surface area contributed by atoms with E-state index in [2.05, 4.69) is 10.6 Å². The standard InChI is InChI=1S/C23H29N3O7/c1-31-20-10-14(11-21(32-2)22(20)33-3)13-24-23(28)18-12-16(26(29)30)6-9-19(18)25-15-4-7-17(27)8-5-15/h6,9-12,15,17,25,27H,4-5,7-8,13H2,1-3H3,(H,24,28). The Morgan fingerprint density at radius 1 is 1.06 bits per heavy atom. The van der Waals surface area contributed by atoms with Crippen LogP contribution in [0, 0.1) is 10.1 Å². The van der Waals surface area contributed by atoms with Gasteiger partial charge in [-0.2, -0.15) is 0 Å². The number of nitro groups is 1. The van der Waals surface area contributed by atoms with Crippen LogP contribution < -0.4 is 24.8 Å². The number of hydrogen-bond acceptors (Lipinski definition) is 8. The van der Waals surface area contributed by atoms with Crippen molar-refractivity contribution < 1.29 is 29.0 Å². The van der Waals surface area contributed by atoms with Crippen LogP contribution in [0.4, 0.5) is 11.4 Å². The van der Waals surface area contributed by atoms with Crippen molar-refractivity contribution in [2.24, 2.45) is 0 Å². The lowest BCUT2D eigenvalue weighted by Gasteiger charge is -2.27. The summed E-state index contributed by atoms with van der Waals surface area (Å²) in [5.41, 5.74) is 1.24. The number of amides is 1. The minimum absolute atomic E-state index is 0.0801. The number of rotatable bonds is 9. The summed E-state index contributed by atoms with van der Waals surface area (Å²) < 4.78 is 16.0. The zero-order valence-electron chi connectivity index (χ0n) is 18.9. The Hall–Kier alpha value is -3.53. The maximum Gasteiger partial charge on any atom is 0.270 e. The zero-order valence-corrected chi connectivity index (χ0v) is 18.9. The van der Waals surface area contributed by atoms with Gasteiger partial charge in [-0.05, 0) is 49.4 Å². The molecule has 178 valence electrons. The van der Waals surface area contributed by atoms with Crippen molar-refractivity contribution in [2.45, 2.75) is 44.4 Å². The molecule has 0 radical (unpaired) electrons. The normalized spacial score (nSPS) is 17.7. The van der Waals surface area contributed by atoms with Crippen molar-refractivity contribution in [1.82, 2.24) is 5.32 Å². The Morgan fingerprint density at radius 3 is 2.24 bits per heavy atom. The molecule has 33 heavy (non-hydrogen) atoms. The Bertz CT molecular complexity index is 979.